The highest BCUT2D eigenvalue weighted by Crippen LogP contribution is 2.48. The maximum atomic E-state index is 12.1. The van der Waals surface area contributed by atoms with Crippen LogP contribution < -0.4 is 10.1 Å². The fourth-order valence-corrected chi connectivity index (χ4v) is 2.50. The molecule has 3 rings (SSSR count). The van der Waals surface area contributed by atoms with Gasteiger partial charge in [-0.3, -0.25) is 4.79 Å². The van der Waals surface area contributed by atoms with E-state index in [0.717, 1.165) is 23.5 Å². The predicted octanol–water partition coefficient (Wildman–Crippen LogP) is 2.41. The fraction of sp³-hybridized carbons (Fsp3) is 0.375. The Balaban J connectivity index is 1.55. The lowest BCUT2D eigenvalue weighted by Gasteiger charge is -2.04. The molecule has 2 aromatic rings. The third kappa shape index (κ3) is 3.07. The second-order valence-electron chi connectivity index (χ2n) is 5.31. The number of oxazole rings is 1. The lowest BCUT2D eigenvalue weighted by atomic mass is 10.1. The molecule has 110 valence electrons. The zero-order valence-electron chi connectivity index (χ0n) is 12.1. The Morgan fingerprint density at radius 3 is 3.10 bits per heavy atom. The van der Waals surface area contributed by atoms with Crippen LogP contribution >= 0.6 is 0 Å². The van der Waals surface area contributed by atoms with Crippen molar-refractivity contribution in [2.24, 2.45) is 5.92 Å². The van der Waals surface area contributed by atoms with Gasteiger partial charge in [-0.1, -0.05) is 12.1 Å². The molecule has 1 aliphatic carbocycles. The topological polar surface area (TPSA) is 64.4 Å². The van der Waals surface area contributed by atoms with Crippen LogP contribution in [0.25, 0.3) is 0 Å². The lowest BCUT2D eigenvalue weighted by Crippen LogP contribution is -2.25. The van der Waals surface area contributed by atoms with E-state index in [2.05, 4.69) is 10.3 Å². The van der Waals surface area contributed by atoms with E-state index in [4.69, 9.17) is 9.15 Å². The number of hydrogen-bond acceptors (Lipinski definition) is 4. The van der Waals surface area contributed by atoms with Crippen molar-refractivity contribution >= 4 is 5.91 Å². The van der Waals surface area contributed by atoms with Crippen LogP contribution in [0.5, 0.6) is 5.75 Å². The number of amides is 1. The van der Waals surface area contributed by atoms with Gasteiger partial charge in [0, 0.05) is 5.92 Å². The van der Waals surface area contributed by atoms with Crippen molar-refractivity contribution in [3.63, 3.8) is 0 Å². The molecule has 0 radical (unpaired) electrons. The van der Waals surface area contributed by atoms with Gasteiger partial charge in [0.15, 0.2) is 0 Å². The van der Waals surface area contributed by atoms with Crippen LogP contribution in [0, 0.1) is 12.8 Å². The first kappa shape index (κ1) is 13.7. The molecule has 0 bridgehead atoms. The molecule has 0 saturated heterocycles. The molecule has 1 saturated carbocycles. The highest BCUT2D eigenvalue weighted by atomic mass is 16.5. The minimum absolute atomic E-state index is 0.0353. The molecule has 21 heavy (non-hydrogen) atoms. The molecule has 2 atom stereocenters. The summed E-state index contributed by atoms with van der Waals surface area (Å²) in [5.74, 6) is 2.49. The van der Waals surface area contributed by atoms with E-state index in [1.165, 1.54) is 0 Å². The normalized spacial score (nSPS) is 20.1. The van der Waals surface area contributed by atoms with Gasteiger partial charge in [0.2, 0.25) is 11.8 Å². The Morgan fingerprint density at radius 1 is 1.52 bits per heavy atom. The quantitative estimate of drug-likeness (QED) is 0.916. The summed E-state index contributed by atoms with van der Waals surface area (Å²) in [4.78, 5) is 16.2. The van der Waals surface area contributed by atoms with Crippen molar-refractivity contribution in [2.45, 2.75) is 25.8 Å². The maximum absolute atomic E-state index is 12.1. The number of aromatic nitrogens is 1. The maximum Gasteiger partial charge on any atom is 0.224 e. The molecule has 0 unspecified atom stereocenters. The number of carbonyl (C=O) groups excluding carboxylic acids is 1. The number of aryl methyl sites for hydroxylation is 1. The molecule has 0 spiro atoms. The Labute approximate surface area is 123 Å². The zero-order chi connectivity index (χ0) is 14.8. The second-order valence-corrected chi connectivity index (χ2v) is 5.31. The predicted molar refractivity (Wildman–Crippen MR) is 76.9 cm³/mol. The van der Waals surface area contributed by atoms with Gasteiger partial charge in [-0.25, -0.2) is 4.98 Å². The summed E-state index contributed by atoms with van der Waals surface area (Å²) < 4.78 is 10.5. The van der Waals surface area contributed by atoms with Crippen molar-refractivity contribution < 1.29 is 13.9 Å². The minimum Gasteiger partial charge on any atom is -0.497 e. The van der Waals surface area contributed by atoms with Gasteiger partial charge in [-0.15, -0.1) is 0 Å². The van der Waals surface area contributed by atoms with Crippen molar-refractivity contribution in [2.75, 3.05) is 7.11 Å². The second kappa shape index (κ2) is 5.60. The van der Waals surface area contributed by atoms with Crippen LogP contribution in [0.3, 0.4) is 0 Å². The molecule has 5 nitrogen and oxygen atoms in total. The summed E-state index contributed by atoms with van der Waals surface area (Å²) in [5.41, 5.74) is 1.15. The van der Waals surface area contributed by atoms with Crippen LogP contribution in [0.15, 0.2) is 34.9 Å². The number of rotatable bonds is 5. The van der Waals surface area contributed by atoms with E-state index in [9.17, 15) is 4.79 Å². The number of methoxy groups -OCH3 is 1. The highest BCUT2D eigenvalue weighted by molar-refractivity contribution is 5.82. The summed E-state index contributed by atoms with van der Waals surface area (Å²) in [6.45, 7) is 2.17. The average molecular weight is 286 g/mol. The van der Waals surface area contributed by atoms with E-state index in [0.29, 0.717) is 12.4 Å². The number of ether oxygens (including phenoxy) is 1. The highest BCUT2D eigenvalue weighted by Gasteiger charge is 2.43. The zero-order valence-corrected chi connectivity index (χ0v) is 12.1. The smallest absolute Gasteiger partial charge is 0.224 e. The standard InChI is InChI=1S/C16H18N2O3/c1-10-8-17-15(21-10)9-18-16(19)14-7-13(14)11-4-3-5-12(6-11)20-2/h3-6,8,13-14H,7,9H2,1-2H3,(H,18,19)/t13-,14+/m1/s1. The van der Waals surface area contributed by atoms with Crippen LogP contribution in [-0.4, -0.2) is 18.0 Å². The van der Waals surface area contributed by atoms with Crippen LogP contribution in [0.1, 0.15) is 29.6 Å². The summed E-state index contributed by atoms with van der Waals surface area (Å²) in [6, 6.07) is 7.90. The van der Waals surface area contributed by atoms with E-state index in [-0.39, 0.29) is 17.7 Å². The molecule has 1 aromatic carbocycles. The van der Waals surface area contributed by atoms with Crippen molar-refractivity contribution in [1.29, 1.82) is 0 Å². The largest absolute Gasteiger partial charge is 0.497 e. The third-order valence-electron chi connectivity index (χ3n) is 3.73. The number of nitrogens with zero attached hydrogens (tertiary/aromatic N) is 1. The van der Waals surface area contributed by atoms with Gasteiger partial charge in [0.05, 0.1) is 19.9 Å². The minimum atomic E-state index is 0.0353. The van der Waals surface area contributed by atoms with Crippen LogP contribution in [-0.2, 0) is 11.3 Å². The van der Waals surface area contributed by atoms with Gasteiger partial charge in [-0.2, -0.15) is 0 Å². The van der Waals surface area contributed by atoms with E-state index in [1.807, 2.05) is 31.2 Å². The Kier molecular flexibility index (Phi) is 3.64. The Hall–Kier alpha value is -2.30. The van der Waals surface area contributed by atoms with Gasteiger partial charge in [0.1, 0.15) is 11.5 Å². The monoisotopic (exact) mass is 286 g/mol. The molecular formula is C16H18N2O3. The molecule has 1 fully saturated rings. The lowest BCUT2D eigenvalue weighted by molar-refractivity contribution is -0.122. The number of carbonyl (C=O) groups is 1. The SMILES string of the molecule is COc1cccc([C@H]2C[C@@H]2C(=O)NCc2ncc(C)o2)c1. The molecule has 1 N–H and O–H groups in total. The van der Waals surface area contributed by atoms with Crippen LogP contribution in [0.4, 0.5) is 0 Å². The van der Waals surface area contributed by atoms with Crippen molar-refractivity contribution in [3.8, 4) is 5.75 Å². The Bertz CT molecular complexity index is 650. The summed E-state index contributed by atoms with van der Waals surface area (Å²) in [6.07, 6.45) is 2.53. The van der Waals surface area contributed by atoms with Crippen molar-refractivity contribution in [1.82, 2.24) is 10.3 Å². The summed E-state index contributed by atoms with van der Waals surface area (Å²) in [7, 11) is 1.65. The van der Waals surface area contributed by atoms with E-state index >= 15 is 0 Å². The van der Waals surface area contributed by atoms with Gasteiger partial charge in [-0.05, 0) is 37.0 Å². The molecule has 1 aromatic heterocycles. The van der Waals surface area contributed by atoms with E-state index in [1.54, 1.807) is 13.3 Å². The first-order valence-electron chi connectivity index (χ1n) is 7.00. The average Bonchev–Trinajstić information content (AvgIpc) is 3.21. The fourth-order valence-electron chi connectivity index (χ4n) is 2.50. The molecule has 5 heteroatoms. The number of nitrogens with one attached hydrogen (secondary N) is 1. The molecular weight excluding hydrogens is 268 g/mol. The first-order valence-corrected chi connectivity index (χ1v) is 7.00. The van der Waals surface area contributed by atoms with E-state index < -0.39 is 0 Å². The van der Waals surface area contributed by atoms with Crippen molar-refractivity contribution in [3.05, 3.63) is 47.7 Å². The summed E-state index contributed by atoms with van der Waals surface area (Å²) >= 11 is 0. The molecule has 1 heterocycles. The first-order chi connectivity index (χ1) is 10.2. The van der Waals surface area contributed by atoms with Gasteiger partial charge < -0.3 is 14.5 Å². The van der Waals surface area contributed by atoms with Gasteiger partial charge in [0.25, 0.3) is 0 Å². The molecule has 1 amide bonds. The number of hydrogen-bond donors (Lipinski definition) is 1. The number of benzene rings is 1. The Morgan fingerprint density at radius 2 is 2.38 bits per heavy atom. The molecule has 0 aliphatic heterocycles. The van der Waals surface area contributed by atoms with Gasteiger partial charge >= 0.3 is 0 Å². The summed E-state index contributed by atoms with van der Waals surface area (Å²) in [5, 5.41) is 2.88. The third-order valence-corrected chi connectivity index (χ3v) is 3.73. The molecule has 1 aliphatic rings. The van der Waals surface area contributed by atoms with Crippen LogP contribution in [0.2, 0.25) is 0 Å².